The number of aryl methyl sites for hydroxylation is 3. The topological polar surface area (TPSA) is 55.3 Å². The first-order chi connectivity index (χ1) is 20.1. The molecule has 3 aromatic carbocycles. The molecule has 0 aromatic heterocycles. The number of quaternary nitrogens is 2. The Morgan fingerprint density at radius 1 is 0.591 bits per heavy atom. The largest absolute Gasteiger partial charge is 0.871 e. The first-order valence-electron chi connectivity index (χ1n) is 15.0. The Bertz CT molecular complexity index is 1170. The molecule has 44 heavy (non-hydrogen) atoms. The molecule has 5 nitrogen and oxygen atoms in total. The number of benzene rings is 3. The minimum atomic E-state index is -2.24. The maximum Gasteiger partial charge on any atom is 0.0675 e. The zero-order chi connectivity index (χ0) is 33.9. The van der Waals surface area contributed by atoms with Crippen molar-refractivity contribution >= 4 is 42.1 Å². The SMILES string of the molecule is C[N+](C)(C)C.C[N+](C)(C)C.Cc1ccc(C(CCCCCOB([O-])[O-])(c2ccc(C)c(Cl)c2)c2ccc(C)c(Cl)c2)cc1Cl. The van der Waals surface area contributed by atoms with Crippen molar-refractivity contribution in [2.24, 2.45) is 0 Å². The Hall–Kier alpha value is -1.61. The van der Waals surface area contributed by atoms with Crippen LogP contribution in [0.25, 0.3) is 0 Å². The van der Waals surface area contributed by atoms with Gasteiger partial charge in [0.05, 0.1) is 63.7 Å². The van der Waals surface area contributed by atoms with Crippen molar-refractivity contribution in [3.8, 4) is 0 Å². The van der Waals surface area contributed by atoms with Crippen molar-refractivity contribution in [2.45, 2.75) is 51.9 Å². The lowest BCUT2D eigenvalue weighted by atomic mass is 9.66. The van der Waals surface area contributed by atoms with E-state index in [0.717, 1.165) is 61.6 Å². The lowest BCUT2D eigenvalue weighted by molar-refractivity contribution is -0.849. The average Bonchev–Trinajstić information content (AvgIpc) is 2.87. The average molecular weight is 666 g/mol. The second-order valence-corrected chi connectivity index (χ2v) is 15.4. The quantitative estimate of drug-likeness (QED) is 0.103. The minimum absolute atomic E-state index is 0.160. The first-order valence-corrected chi connectivity index (χ1v) is 16.1. The first kappa shape index (κ1) is 40.4. The summed E-state index contributed by atoms with van der Waals surface area (Å²) in [6.07, 6.45) is 3.01. The van der Waals surface area contributed by atoms with Crippen molar-refractivity contribution in [1.29, 1.82) is 0 Å². The molecule has 0 saturated heterocycles. The summed E-state index contributed by atoms with van der Waals surface area (Å²) in [5.74, 6) is 0. The molecule has 0 amide bonds. The standard InChI is InChI=1S/C27H28BCl3O3.2C4H12N/c1-18-7-10-21(15-24(18)29)27(13-5-4-6-14-34-28(32)33,22-11-8-19(2)25(30)16-22)23-12-9-20(3)26(31)17-23;2*1-5(2,3)4/h7-12,15-17H,4-6,13-14H2,1-3H3;2*1-4H3/q-2;2*+1. The molecule has 0 aliphatic heterocycles. The summed E-state index contributed by atoms with van der Waals surface area (Å²) in [6, 6.07) is 18.5. The number of hydrogen-bond donors (Lipinski definition) is 0. The maximum absolute atomic E-state index is 10.6. The summed E-state index contributed by atoms with van der Waals surface area (Å²) in [5.41, 5.74) is 5.63. The predicted octanol–water partition coefficient (Wildman–Crippen LogP) is 6.83. The number of nitrogens with zero attached hydrogens (tertiary/aromatic N) is 2. The van der Waals surface area contributed by atoms with Gasteiger partial charge in [-0.1, -0.05) is 84.0 Å². The van der Waals surface area contributed by atoms with Crippen LogP contribution in [0, 0.1) is 20.8 Å². The molecule has 3 rings (SSSR count). The van der Waals surface area contributed by atoms with Gasteiger partial charge < -0.3 is 23.7 Å². The van der Waals surface area contributed by atoms with Gasteiger partial charge in [0.25, 0.3) is 0 Å². The lowest BCUT2D eigenvalue weighted by Gasteiger charge is -2.37. The van der Waals surface area contributed by atoms with Crippen LogP contribution in [-0.2, 0) is 10.1 Å². The third kappa shape index (κ3) is 14.7. The highest BCUT2D eigenvalue weighted by atomic mass is 35.5. The highest BCUT2D eigenvalue weighted by Gasteiger charge is 2.37. The van der Waals surface area contributed by atoms with Gasteiger partial charge in [-0.15, -0.1) is 0 Å². The smallest absolute Gasteiger partial charge is 0.0675 e. The fraction of sp³-hybridized carbons (Fsp3) is 0.486. The van der Waals surface area contributed by atoms with Gasteiger partial charge in [0.15, 0.2) is 0 Å². The molecule has 0 aliphatic carbocycles. The van der Waals surface area contributed by atoms with Crippen molar-refractivity contribution in [1.82, 2.24) is 0 Å². The minimum Gasteiger partial charge on any atom is -0.871 e. The van der Waals surface area contributed by atoms with Crippen molar-refractivity contribution in [2.75, 3.05) is 63.0 Å². The molecule has 0 unspecified atom stereocenters. The lowest BCUT2D eigenvalue weighted by Crippen LogP contribution is -2.47. The number of halogens is 3. The van der Waals surface area contributed by atoms with Crippen LogP contribution in [0.4, 0.5) is 0 Å². The predicted molar refractivity (Wildman–Crippen MR) is 187 cm³/mol. The summed E-state index contributed by atoms with van der Waals surface area (Å²) >= 11 is 19.8. The number of hydrogen-bond acceptors (Lipinski definition) is 3. The molecule has 0 radical (unpaired) electrons. The van der Waals surface area contributed by atoms with Gasteiger partial charge in [0.1, 0.15) is 0 Å². The van der Waals surface area contributed by atoms with Gasteiger partial charge in [0, 0.05) is 27.1 Å². The summed E-state index contributed by atoms with van der Waals surface area (Å²) in [6.45, 7) is 6.11. The molecular weight excluding hydrogens is 614 g/mol. The Kier molecular flexibility index (Phi) is 16.5. The molecule has 0 heterocycles. The number of unbranched alkanes of at least 4 members (excludes halogenated alkanes) is 2. The van der Waals surface area contributed by atoms with E-state index in [1.165, 1.54) is 0 Å². The molecule has 244 valence electrons. The van der Waals surface area contributed by atoms with Gasteiger partial charge in [0.2, 0.25) is 0 Å². The highest BCUT2D eigenvalue weighted by molar-refractivity contribution is 6.32. The van der Waals surface area contributed by atoms with Crippen LogP contribution < -0.4 is 10.0 Å². The molecule has 0 atom stereocenters. The van der Waals surface area contributed by atoms with E-state index in [1.54, 1.807) is 0 Å². The van der Waals surface area contributed by atoms with Crippen LogP contribution in [-0.4, -0.2) is 79.3 Å². The van der Waals surface area contributed by atoms with E-state index in [1.807, 2.05) is 57.2 Å². The molecule has 9 heteroatoms. The van der Waals surface area contributed by atoms with E-state index in [-0.39, 0.29) is 6.61 Å². The van der Waals surface area contributed by atoms with Gasteiger partial charge in [-0.3, -0.25) is 0 Å². The Morgan fingerprint density at radius 3 is 1.18 bits per heavy atom. The zero-order valence-corrected chi connectivity index (χ0v) is 30.8. The molecule has 0 N–H and O–H groups in total. The fourth-order valence-corrected chi connectivity index (χ4v) is 4.90. The van der Waals surface area contributed by atoms with Crippen molar-refractivity contribution in [3.05, 3.63) is 103 Å². The Labute approximate surface area is 282 Å². The highest BCUT2D eigenvalue weighted by Crippen LogP contribution is 2.46. The molecule has 0 fully saturated rings. The summed E-state index contributed by atoms with van der Waals surface area (Å²) < 4.78 is 6.65. The third-order valence-corrected chi connectivity index (χ3v) is 7.67. The molecular formula is C35H52BCl3N2O3. The summed E-state index contributed by atoms with van der Waals surface area (Å²) in [7, 11) is 14.8. The molecule has 3 aromatic rings. The van der Waals surface area contributed by atoms with Gasteiger partial charge in [-0.2, -0.15) is 0 Å². The summed E-state index contributed by atoms with van der Waals surface area (Å²) in [5, 5.41) is 23.4. The zero-order valence-electron chi connectivity index (χ0n) is 28.6. The van der Waals surface area contributed by atoms with E-state index in [9.17, 15) is 10.0 Å². The van der Waals surface area contributed by atoms with Gasteiger partial charge in [-0.25, -0.2) is 0 Å². The van der Waals surface area contributed by atoms with Crippen LogP contribution in [0.2, 0.25) is 15.1 Å². The Morgan fingerprint density at radius 2 is 0.909 bits per heavy atom. The van der Waals surface area contributed by atoms with E-state index in [4.69, 9.17) is 34.8 Å². The number of rotatable bonds is 10. The third-order valence-electron chi connectivity index (χ3n) is 6.44. The summed E-state index contributed by atoms with van der Waals surface area (Å²) in [4.78, 5) is 0. The van der Waals surface area contributed by atoms with Crippen LogP contribution in [0.15, 0.2) is 54.6 Å². The van der Waals surface area contributed by atoms with Gasteiger partial charge in [-0.05, 0) is 85.2 Å². The normalized spacial score (nSPS) is 11.7. The fourth-order valence-electron chi connectivity index (χ4n) is 4.36. The van der Waals surface area contributed by atoms with E-state index >= 15 is 0 Å². The molecule has 0 saturated carbocycles. The van der Waals surface area contributed by atoms with Crippen molar-refractivity contribution < 1.29 is 23.7 Å². The maximum atomic E-state index is 10.6. The van der Waals surface area contributed by atoms with Crippen LogP contribution in [0.1, 0.15) is 59.1 Å². The van der Waals surface area contributed by atoms with E-state index in [0.29, 0.717) is 21.5 Å². The molecule has 0 bridgehead atoms. The van der Waals surface area contributed by atoms with Crippen LogP contribution in [0.5, 0.6) is 0 Å². The second-order valence-electron chi connectivity index (χ2n) is 14.1. The van der Waals surface area contributed by atoms with Crippen LogP contribution in [0.3, 0.4) is 0 Å². The Balaban J connectivity index is 0.000000837. The van der Waals surface area contributed by atoms with Gasteiger partial charge >= 0.3 is 0 Å². The van der Waals surface area contributed by atoms with E-state index in [2.05, 4.69) is 79.2 Å². The second kappa shape index (κ2) is 17.9. The van der Waals surface area contributed by atoms with Crippen molar-refractivity contribution in [3.63, 3.8) is 0 Å². The molecule has 0 aliphatic rings. The van der Waals surface area contributed by atoms with Crippen LogP contribution >= 0.6 is 34.8 Å². The van der Waals surface area contributed by atoms with E-state index < -0.39 is 12.7 Å². The molecule has 0 spiro atoms. The monoisotopic (exact) mass is 664 g/mol.